The lowest BCUT2D eigenvalue weighted by atomic mass is 9.66. The van der Waals surface area contributed by atoms with Crippen molar-refractivity contribution in [1.82, 2.24) is 19.1 Å². The molecule has 0 unspecified atom stereocenters. The van der Waals surface area contributed by atoms with Crippen molar-refractivity contribution in [3.8, 4) is 0 Å². The number of pyridine rings is 2. The van der Waals surface area contributed by atoms with Gasteiger partial charge in [-0.15, -0.1) is 0 Å². The van der Waals surface area contributed by atoms with E-state index in [0.717, 1.165) is 33.9 Å². The summed E-state index contributed by atoms with van der Waals surface area (Å²) in [6, 6.07) is 15.8. The highest BCUT2D eigenvalue weighted by Gasteiger charge is 2.52. The average Bonchev–Trinajstić information content (AvgIpc) is 3.75. The Morgan fingerprint density at radius 3 is 1.25 bits per heavy atom. The Hall–Kier alpha value is -3.98. The number of nitrogens with zero attached hydrogens (tertiary/aromatic N) is 4. The molecule has 280 valence electrons. The van der Waals surface area contributed by atoms with Crippen LogP contribution in [-0.2, 0) is 41.5 Å². The molecule has 5 rings (SSSR count). The van der Waals surface area contributed by atoms with E-state index in [-0.39, 0.29) is 0 Å². The SMILES string of the molecule is COCCOCCOCCn1c(/C=C/c2ccncc2)ccc1C1C(O)C(c2ccc(/C=C/c3ccncc3)n2CCOCCOCCOC)C1O. The summed E-state index contributed by atoms with van der Waals surface area (Å²) in [7, 11) is 3.29. The topological polar surface area (TPSA) is 131 Å². The second-order valence-electron chi connectivity index (χ2n) is 12.4. The van der Waals surface area contributed by atoms with Crippen molar-refractivity contribution in [3.05, 3.63) is 107 Å². The Morgan fingerprint density at radius 2 is 0.865 bits per heavy atom. The summed E-state index contributed by atoms with van der Waals surface area (Å²) < 4.78 is 37.2. The summed E-state index contributed by atoms with van der Waals surface area (Å²) in [6.07, 6.45) is 13.6. The van der Waals surface area contributed by atoms with Crippen molar-refractivity contribution < 1.29 is 38.6 Å². The molecule has 0 aliphatic heterocycles. The first-order valence-corrected chi connectivity index (χ1v) is 17.8. The van der Waals surface area contributed by atoms with Gasteiger partial charge < -0.3 is 47.8 Å². The average molecular weight is 717 g/mol. The van der Waals surface area contributed by atoms with Crippen LogP contribution in [0.1, 0.15) is 45.7 Å². The molecule has 4 aromatic rings. The summed E-state index contributed by atoms with van der Waals surface area (Å²) in [5.74, 6) is -0.963. The molecular formula is C40H52N4O8. The van der Waals surface area contributed by atoms with E-state index in [1.165, 1.54) is 0 Å². The van der Waals surface area contributed by atoms with E-state index in [2.05, 4.69) is 19.1 Å². The molecule has 0 spiro atoms. The molecule has 0 aromatic carbocycles. The van der Waals surface area contributed by atoms with Crippen LogP contribution in [0.5, 0.6) is 0 Å². The van der Waals surface area contributed by atoms with Gasteiger partial charge in [0.25, 0.3) is 0 Å². The molecule has 12 nitrogen and oxygen atoms in total. The molecule has 1 saturated carbocycles. The van der Waals surface area contributed by atoms with Crippen LogP contribution in [0.2, 0.25) is 0 Å². The Balaban J connectivity index is 1.31. The third-order valence-corrected chi connectivity index (χ3v) is 9.08. The molecule has 0 atom stereocenters. The summed E-state index contributed by atoms with van der Waals surface area (Å²) in [5, 5.41) is 23.6. The molecular weight excluding hydrogens is 664 g/mol. The van der Waals surface area contributed by atoms with E-state index >= 15 is 0 Å². The van der Waals surface area contributed by atoms with Gasteiger partial charge in [0, 0.05) is 74.9 Å². The smallest absolute Gasteiger partial charge is 0.0756 e. The molecule has 4 aromatic heterocycles. The number of methoxy groups -OCH3 is 2. The highest BCUT2D eigenvalue weighted by atomic mass is 16.5. The zero-order chi connectivity index (χ0) is 36.4. The molecule has 52 heavy (non-hydrogen) atoms. The van der Waals surface area contributed by atoms with Crippen LogP contribution in [0.15, 0.2) is 73.3 Å². The molecule has 1 aliphatic carbocycles. The first kappa shape index (κ1) is 39.2. The van der Waals surface area contributed by atoms with Crippen molar-refractivity contribution in [2.24, 2.45) is 0 Å². The zero-order valence-electron chi connectivity index (χ0n) is 30.2. The van der Waals surface area contributed by atoms with Crippen LogP contribution in [0, 0.1) is 0 Å². The third-order valence-electron chi connectivity index (χ3n) is 9.08. The van der Waals surface area contributed by atoms with Crippen molar-refractivity contribution in [2.45, 2.75) is 37.1 Å². The lowest BCUT2D eigenvalue weighted by Crippen LogP contribution is -2.53. The number of hydrogen-bond donors (Lipinski definition) is 2. The monoisotopic (exact) mass is 716 g/mol. The van der Waals surface area contributed by atoms with E-state index in [1.807, 2.05) is 72.8 Å². The number of hydrogen-bond acceptors (Lipinski definition) is 10. The number of rotatable bonds is 24. The van der Waals surface area contributed by atoms with E-state index in [9.17, 15) is 10.2 Å². The van der Waals surface area contributed by atoms with Crippen LogP contribution in [0.4, 0.5) is 0 Å². The van der Waals surface area contributed by atoms with Crippen LogP contribution in [-0.4, -0.2) is 122 Å². The number of ether oxygens (including phenoxy) is 6. The van der Waals surface area contributed by atoms with Gasteiger partial charge in [0.05, 0.1) is 90.1 Å². The van der Waals surface area contributed by atoms with Crippen molar-refractivity contribution >= 4 is 24.3 Å². The van der Waals surface area contributed by atoms with Crippen molar-refractivity contribution in [1.29, 1.82) is 0 Å². The van der Waals surface area contributed by atoms with Gasteiger partial charge in [-0.1, -0.05) is 12.2 Å². The first-order chi connectivity index (χ1) is 25.6. The quantitative estimate of drug-likeness (QED) is 0.101. The first-order valence-electron chi connectivity index (χ1n) is 17.8. The van der Waals surface area contributed by atoms with Gasteiger partial charge >= 0.3 is 0 Å². The maximum atomic E-state index is 11.8. The fourth-order valence-corrected chi connectivity index (χ4v) is 6.35. The van der Waals surface area contributed by atoms with Gasteiger partial charge in [0.1, 0.15) is 0 Å². The zero-order valence-corrected chi connectivity index (χ0v) is 30.2. The second kappa shape index (κ2) is 21.5. The summed E-state index contributed by atoms with van der Waals surface area (Å²) in [4.78, 5) is 8.22. The lowest BCUT2D eigenvalue weighted by Gasteiger charge is -2.47. The van der Waals surface area contributed by atoms with Gasteiger partial charge in [0.15, 0.2) is 0 Å². The van der Waals surface area contributed by atoms with Gasteiger partial charge in [-0.25, -0.2) is 0 Å². The van der Waals surface area contributed by atoms with E-state index in [1.54, 1.807) is 39.0 Å². The third kappa shape index (κ3) is 11.0. The predicted octanol–water partition coefficient (Wildman–Crippen LogP) is 4.38. The van der Waals surface area contributed by atoms with Crippen molar-refractivity contribution in [3.63, 3.8) is 0 Å². The highest BCUT2D eigenvalue weighted by Crippen LogP contribution is 2.49. The Morgan fingerprint density at radius 1 is 0.500 bits per heavy atom. The van der Waals surface area contributed by atoms with Gasteiger partial charge in [0.2, 0.25) is 0 Å². The molecule has 0 saturated heterocycles. The Bertz CT molecular complexity index is 1510. The summed E-state index contributed by atoms with van der Waals surface area (Å²) in [5.41, 5.74) is 5.66. The Labute approximate surface area is 306 Å². The maximum Gasteiger partial charge on any atom is 0.0756 e. The fraction of sp³-hybridized carbons (Fsp3) is 0.450. The number of aromatic nitrogens is 4. The number of aliphatic hydroxyl groups excluding tert-OH is 2. The van der Waals surface area contributed by atoms with Gasteiger partial charge in [-0.3, -0.25) is 9.97 Å². The predicted molar refractivity (Wildman–Crippen MR) is 200 cm³/mol. The van der Waals surface area contributed by atoms with Gasteiger partial charge in [-0.05, 0) is 71.8 Å². The van der Waals surface area contributed by atoms with E-state index in [4.69, 9.17) is 28.4 Å². The minimum absolute atomic E-state index is 0.446. The molecule has 0 amide bonds. The maximum absolute atomic E-state index is 11.8. The van der Waals surface area contributed by atoms with E-state index in [0.29, 0.717) is 79.2 Å². The minimum atomic E-state index is -0.809. The van der Waals surface area contributed by atoms with Crippen LogP contribution in [0.25, 0.3) is 24.3 Å². The van der Waals surface area contributed by atoms with Crippen LogP contribution < -0.4 is 0 Å². The standard InChI is InChI=1S/C40H52N4O8/c1-47-23-25-51-29-27-49-21-19-43-33(5-3-31-11-15-41-16-12-31)7-9-35(43)37-39(45)38(40(37)46)36-10-8-34(6-4-32-13-17-42-18-14-32)44(36)20-22-50-28-30-52-26-24-48-2/h3-18,37-40,45-46H,19-30H2,1-2H3/b5-3+,6-4+. The largest absolute Gasteiger partial charge is 0.392 e. The summed E-state index contributed by atoms with van der Waals surface area (Å²) >= 11 is 0. The molecule has 1 fully saturated rings. The highest BCUT2D eigenvalue weighted by molar-refractivity contribution is 5.69. The van der Waals surface area contributed by atoms with Crippen LogP contribution in [0.3, 0.4) is 0 Å². The fourth-order valence-electron chi connectivity index (χ4n) is 6.35. The van der Waals surface area contributed by atoms with Crippen LogP contribution >= 0.6 is 0 Å². The lowest BCUT2D eigenvalue weighted by molar-refractivity contribution is -0.0839. The molecule has 4 heterocycles. The minimum Gasteiger partial charge on any atom is -0.392 e. The normalized spacial score (nSPS) is 18.8. The van der Waals surface area contributed by atoms with Crippen molar-refractivity contribution in [2.75, 3.05) is 80.3 Å². The molecule has 1 aliphatic rings. The molecule has 0 radical (unpaired) electrons. The Kier molecular flexibility index (Phi) is 16.2. The van der Waals surface area contributed by atoms with E-state index < -0.39 is 24.0 Å². The summed E-state index contributed by atoms with van der Waals surface area (Å²) in [6.45, 7) is 5.98. The number of aliphatic hydroxyl groups is 2. The molecule has 2 N–H and O–H groups in total. The van der Waals surface area contributed by atoms with Gasteiger partial charge in [-0.2, -0.15) is 0 Å². The second-order valence-corrected chi connectivity index (χ2v) is 12.4. The molecule has 0 bridgehead atoms. The molecule has 12 heteroatoms.